The molecule has 1 unspecified atom stereocenters. The van der Waals surface area contributed by atoms with E-state index in [1.165, 1.54) is 17.7 Å². The van der Waals surface area contributed by atoms with Crippen molar-refractivity contribution in [2.45, 2.75) is 25.1 Å². The third-order valence-corrected chi connectivity index (χ3v) is 3.99. The number of anilines is 2. The molecule has 0 spiro atoms. The summed E-state index contributed by atoms with van der Waals surface area (Å²) in [4.78, 5) is 2.01. The van der Waals surface area contributed by atoms with Crippen molar-refractivity contribution in [2.24, 2.45) is 5.73 Å². The predicted octanol–water partition coefficient (Wildman–Crippen LogP) is 4.54. The number of aryl methyl sites for hydroxylation is 1. The van der Waals surface area contributed by atoms with Crippen molar-refractivity contribution in [1.29, 1.82) is 0 Å². The lowest BCUT2D eigenvalue weighted by molar-refractivity contribution is -0.137. The highest BCUT2D eigenvalue weighted by molar-refractivity contribution is 5.85. The maximum atomic E-state index is 12.7. The topological polar surface area (TPSA) is 29.3 Å². The zero-order valence-electron chi connectivity index (χ0n) is 12.4. The molecule has 0 bridgehead atoms. The monoisotopic (exact) mass is 342 g/mol. The molecule has 124 valence electrons. The molecule has 0 aromatic heterocycles. The molecular weight excluding hydrogens is 325 g/mol. The summed E-state index contributed by atoms with van der Waals surface area (Å²) in [5.41, 5.74) is 8.42. The van der Waals surface area contributed by atoms with Gasteiger partial charge < -0.3 is 10.6 Å². The Balaban J connectivity index is 0.00000192. The van der Waals surface area contributed by atoms with Crippen LogP contribution in [0, 0.1) is 0 Å². The molecule has 1 heterocycles. The second-order valence-corrected chi connectivity index (χ2v) is 5.58. The van der Waals surface area contributed by atoms with Gasteiger partial charge >= 0.3 is 6.18 Å². The highest BCUT2D eigenvalue weighted by Crippen LogP contribution is 2.35. The minimum atomic E-state index is -4.31. The highest BCUT2D eigenvalue weighted by atomic mass is 35.5. The van der Waals surface area contributed by atoms with E-state index in [0.717, 1.165) is 36.3 Å². The Labute approximate surface area is 139 Å². The molecule has 0 saturated heterocycles. The largest absolute Gasteiger partial charge is 0.416 e. The average molecular weight is 343 g/mol. The number of fused-ring (bicyclic) bond motifs is 1. The van der Waals surface area contributed by atoms with Gasteiger partial charge in [0.2, 0.25) is 0 Å². The molecule has 0 saturated carbocycles. The fourth-order valence-corrected chi connectivity index (χ4v) is 2.83. The van der Waals surface area contributed by atoms with E-state index in [2.05, 4.69) is 0 Å². The standard InChI is InChI=1S/C17H17F3N2.ClH/c18-17(19,20)13-6-9-15(10-7-13)22-11-14(21)8-5-12-3-1-2-4-16(12)22;/h1-4,6-7,9-10,14H,5,8,11,21H2;1H. The van der Waals surface area contributed by atoms with Crippen molar-refractivity contribution in [3.63, 3.8) is 0 Å². The SMILES string of the molecule is Cl.NC1CCc2ccccc2N(c2ccc(C(F)(F)F)cc2)C1. The second-order valence-electron chi connectivity index (χ2n) is 5.58. The summed E-state index contributed by atoms with van der Waals surface area (Å²) in [7, 11) is 0. The summed E-state index contributed by atoms with van der Waals surface area (Å²) in [6.07, 6.45) is -2.56. The van der Waals surface area contributed by atoms with Crippen molar-refractivity contribution in [2.75, 3.05) is 11.4 Å². The van der Waals surface area contributed by atoms with Crippen LogP contribution in [0.15, 0.2) is 48.5 Å². The normalized spacial score (nSPS) is 17.9. The Morgan fingerprint density at radius 1 is 1.00 bits per heavy atom. The lowest BCUT2D eigenvalue weighted by Crippen LogP contribution is -2.33. The molecule has 1 atom stereocenters. The summed E-state index contributed by atoms with van der Waals surface area (Å²) in [5.74, 6) is 0. The first-order valence-corrected chi connectivity index (χ1v) is 7.23. The van der Waals surface area contributed by atoms with E-state index in [0.29, 0.717) is 6.54 Å². The molecule has 0 amide bonds. The molecule has 1 aliphatic heterocycles. The van der Waals surface area contributed by atoms with Gasteiger partial charge in [0.15, 0.2) is 0 Å². The van der Waals surface area contributed by atoms with Crippen LogP contribution in [0.1, 0.15) is 17.5 Å². The molecule has 1 aliphatic rings. The van der Waals surface area contributed by atoms with Crippen molar-refractivity contribution in [1.82, 2.24) is 0 Å². The summed E-state index contributed by atoms with van der Waals surface area (Å²) >= 11 is 0. The molecule has 2 N–H and O–H groups in total. The quantitative estimate of drug-likeness (QED) is 0.824. The molecule has 0 radical (unpaired) electrons. The summed E-state index contributed by atoms with van der Waals surface area (Å²) in [6.45, 7) is 0.600. The molecule has 3 rings (SSSR count). The maximum absolute atomic E-state index is 12.7. The van der Waals surface area contributed by atoms with Gasteiger partial charge in [-0.25, -0.2) is 0 Å². The van der Waals surface area contributed by atoms with Crippen LogP contribution in [0.3, 0.4) is 0 Å². The van der Waals surface area contributed by atoms with Crippen molar-refractivity contribution in [3.8, 4) is 0 Å². The van der Waals surface area contributed by atoms with Crippen molar-refractivity contribution in [3.05, 3.63) is 59.7 Å². The number of halogens is 4. The number of para-hydroxylation sites is 1. The fraction of sp³-hybridized carbons (Fsp3) is 0.294. The first kappa shape index (κ1) is 17.6. The van der Waals surface area contributed by atoms with Crippen molar-refractivity contribution < 1.29 is 13.2 Å². The number of benzene rings is 2. The van der Waals surface area contributed by atoms with E-state index in [-0.39, 0.29) is 18.4 Å². The summed E-state index contributed by atoms with van der Waals surface area (Å²) in [5, 5.41) is 0. The van der Waals surface area contributed by atoms with Crippen LogP contribution < -0.4 is 10.6 Å². The lowest BCUT2D eigenvalue weighted by atomic mass is 10.1. The van der Waals surface area contributed by atoms with Crippen LogP contribution in [-0.2, 0) is 12.6 Å². The molecule has 0 fully saturated rings. The smallest absolute Gasteiger partial charge is 0.340 e. The predicted molar refractivity (Wildman–Crippen MR) is 88.4 cm³/mol. The van der Waals surface area contributed by atoms with E-state index in [9.17, 15) is 13.2 Å². The van der Waals surface area contributed by atoms with Gasteiger partial charge in [-0.05, 0) is 48.7 Å². The van der Waals surface area contributed by atoms with Crippen LogP contribution in [0.2, 0.25) is 0 Å². The first-order chi connectivity index (χ1) is 10.4. The van der Waals surface area contributed by atoms with E-state index in [4.69, 9.17) is 5.73 Å². The van der Waals surface area contributed by atoms with Crippen LogP contribution in [0.5, 0.6) is 0 Å². The van der Waals surface area contributed by atoms with Gasteiger partial charge in [0.1, 0.15) is 0 Å². The maximum Gasteiger partial charge on any atom is 0.416 e. The minimum Gasteiger partial charge on any atom is -0.340 e. The second kappa shape index (κ2) is 6.81. The molecule has 2 aromatic rings. The van der Waals surface area contributed by atoms with E-state index < -0.39 is 11.7 Å². The van der Waals surface area contributed by atoms with Gasteiger partial charge in [0.25, 0.3) is 0 Å². The lowest BCUT2D eigenvalue weighted by Gasteiger charge is -2.27. The Morgan fingerprint density at radius 3 is 2.30 bits per heavy atom. The number of hydrogen-bond acceptors (Lipinski definition) is 2. The van der Waals surface area contributed by atoms with Gasteiger partial charge in [-0.15, -0.1) is 12.4 Å². The van der Waals surface area contributed by atoms with E-state index in [1.54, 1.807) is 0 Å². The molecule has 0 aliphatic carbocycles. The van der Waals surface area contributed by atoms with Crippen LogP contribution >= 0.6 is 12.4 Å². The first-order valence-electron chi connectivity index (χ1n) is 7.23. The average Bonchev–Trinajstić information content (AvgIpc) is 2.66. The minimum absolute atomic E-state index is 0. The van der Waals surface area contributed by atoms with Gasteiger partial charge in [-0.2, -0.15) is 13.2 Å². The van der Waals surface area contributed by atoms with E-state index >= 15 is 0 Å². The van der Waals surface area contributed by atoms with Gasteiger partial charge in [0, 0.05) is 24.0 Å². The Hall–Kier alpha value is -1.72. The Kier molecular flexibility index (Phi) is 5.22. The third-order valence-electron chi connectivity index (χ3n) is 3.99. The van der Waals surface area contributed by atoms with Gasteiger partial charge in [-0.1, -0.05) is 18.2 Å². The van der Waals surface area contributed by atoms with E-state index in [1.807, 2.05) is 29.2 Å². The number of hydrogen-bond donors (Lipinski definition) is 1. The van der Waals surface area contributed by atoms with Crippen LogP contribution in [0.25, 0.3) is 0 Å². The fourth-order valence-electron chi connectivity index (χ4n) is 2.83. The number of nitrogens with two attached hydrogens (primary N) is 1. The number of rotatable bonds is 1. The molecular formula is C17H18ClF3N2. The van der Waals surface area contributed by atoms with Crippen molar-refractivity contribution >= 4 is 23.8 Å². The molecule has 2 nitrogen and oxygen atoms in total. The van der Waals surface area contributed by atoms with Crippen LogP contribution in [-0.4, -0.2) is 12.6 Å². The molecule has 2 aromatic carbocycles. The van der Waals surface area contributed by atoms with Gasteiger partial charge in [0.05, 0.1) is 5.56 Å². The summed E-state index contributed by atoms with van der Waals surface area (Å²) < 4.78 is 38.1. The van der Waals surface area contributed by atoms with Crippen LogP contribution in [0.4, 0.5) is 24.5 Å². The summed E-state index contributed by atoms with van der Waals surface area (Å²) in [6, 6.07) is 13.2. The third kappa shape index (κ3) is 3.79. The Bertz CT molecular complexity index is 656. The zero-order chi connectivity index (χ0) is 15.7. The molecule has 23 heavy (non-hydrogen) atoms. The molecule has 6 heteroatoms. The van der Waals surface area contributed by atoms with Gasteiger partial charge in [-0.3, -0.25) is 0 Å². The number of nitrogens with zero attached hydrogens (tertiary/aromatic N) is 1. The number of alkyl halides is 3. The zero-order valence-corrected chi connectivity index (χ0v) is 13.2. The Morgan fingerprint density at radius 2 is 1.65 bits per heavy atom. The highest BCUT2D eigenvalue weighted by Gasteiger charge is 2.30.